The maximum absolute atomic E-state index is 5.50. The number of likely N-dealkylation sites (N-methyl/N-ethyl adjacent to an activating group) is 1. The van der Waals surface area contributed by atoms with E-state index in [0.29, 0.717) is 19.8 Å². The smallest absolute Gasteiger partial charge is 0.119 e. The van der Waals surface area contributed by atoms with Gasteiger partial charge >= 0.3 is 0 Å². The first-order chi connectivity index (χ1) is 8.33. The zero-order valence-electron chi connectivity index (χ0n) is 10.4. The highest BCUT2D eigenvalue weighted by atomic mass is 16.5. The van der Waals surface area contributed by atoms with Crippen molar-refractivity contribution in [3.05, 3.63) is 42.5 Å². The monoisotopic (exact) mass is 235 g/mol. The van der Waals surface area contributed by atoms with Crippen LogP contribution in [0, 0.1) is 0 Å². The number of nitrogens with one attached hydrogen (secondary N) is 1. The molecule has 1 rings (SSSR count). The normalized spacial score (nSPS) is 10.2. The minimum atomic E-state index is 0.568. The number of hydrogen-bond acceptors (Lipinski definition) is 3. The fraction of sp³-hybridized carbons (Fsp3) is 0.429. The zero-order chi connectivity index (χ0) is 12.3. The summed E-state index contributed by atoms with van der Waals surface area (Å²) in [5.41, 5.74) is 1.06. The van der Waals surface area contributed by atoms with Gasteiger partial charge in [0.15, 0.2) is 0 Å². The van der Waals surface area contributed by atoms with E-state index in [1.807, 2.05) is 30.3 Å². The number of benzene rings is 1. The molecule has 0 bridgehead atoms. The van der Waals surface area contributed by atoms with Crippen molar-refractivity contribution >= 4 is 0 Å². The summed E-state index contributed by atoms with van der Waals surface area (Å²) in [7, 11) is 0. The SMILES string of the molecule is C=C(CNCC)COCCOc1ccccc1. The van der Waals surface area contributed by atoms with Gasteiger partial charge in [-0.3, -0.25) is 0 Å². The average Bonchev–Trinajstić information content (AvgIpc) is 2.37. The molecule has 94 valence electrons. The molecule has 0 heterocycles. The summed E-state index contributed by atoms with van der Waals surface area (Å²) >= 11 is 0. The Morgan fingerprint density at radius 1 is 1.24 bits per heavy atom. The van der Waals surface area contributed by atoms with Gasteiger partial charge in [0.05, 0.1) is 13.2 Å². The summed E-state index contributed by atoms with van der Waals surface area (Å²) in [6.07, 6.45) is 0. The molecule has 0 amide bonds. The van der Waals surface area contributed by atoms with E-state index in [1.54, 1.807) is 0 Å². The van der Waals surface area contributed by atoms with Crippen molar-refractivity contribution < 1.29 is 9.47 Å². The lowest BCUT2D eigenvalue weighted by Gasteiger charge is -2.08. The molecule has 0 aliphatic heterocycles. The molecular formula is C14H21NO2. The van der Waals surface area contributed by atoms with E-state index >= 15 is 0 Å². The molecule has 1 aromatic rings. The van der Waals surface area contributed by atoms with Gasteiger partial charge in [0.2, 0.25) is 0 Å². The summed E-state index contributed by atoms with van der Waals surface area (Å²) < 4.78 is 10.9. The molecule has 1 aromatic carbocycles. The summed E-state index contributed by atoms with van der Waals surface area (Å²) in [6, 6.07) is 9.74. The van der Waals surface area contributed by atoms with Crippen LogP contribution in [0.15, 0.2) is 42.5 Å². The molecular weight excluding hydrogens is 214 g/mol. The fourth-order valence-electron chi connectivity index (χ4n) is 1.30. The molecule has 0 saturated heterocycles. The van der Waals surface area contributed by atoms with Crippen molar-refractivity contribution in [3.63, 3.8) is 0 Å². The van der Waals surface area contributed by atoms with E-state index in [-0.39, 0.29) is 0 Å². The molecule has 0 spiro atoms. The Kier molecular flexibility index (Phi) is 7.11. The van der Waals surface area contributed by atoms with Gasteiger partial charge in [-0.25, -0.2) is 0 Å². The van der Waals surface area contributed by atoms with E-state index in [1.165, 1.54) is 0 Å². The molecule has 0 atom stereocenters. The van der Waals surface area contributed by atoms with Gasteiger partial charge in [0.1, 0.15) is 12.4 Å². The van der Waals surface area contributed by atoms with Crippen molar-refractivity contribution in [1.29, 1.82) is 0 Å². The van der Waals surface area contributed by atoms with Crippen LogP contribution in [-0.2, 0) is 4.74 Å². The lowest BCUT2D eigenvalue weighted by Crippen LogP contribution is -2.18. The minimum Gasteiger partial charge on any atom is -0.491 e. The Morgan fingerprint density at radius 3 is 2.71 bits per heavy atom. The molecule has 0 aliphatic carbocycles. The lowest BCUT2D eigenvalue weighted by atomic mass is 10.3. The van der Waals surface area contributed by atoms with Crippen LogP contribution in [0.4, 0.5) is 0 Å². The van der Waals surface area contributed by atoms with Crippen molar-refractivity contribution in [2.45, 2.75) is 6.92 Å². The predicted octanol–water partition coefficient (Wildman–Crippen LogP) is 2.25. The van der Waals surface area contributed by atoms with Crippen LogP contribution in [0.1, 0.15) is 6.92 Å². The van der Waals surface area contributed by atoms with E-state index in [9.17, 15) is 0 Å². The lowest BCUT2D eigenvalue weighted by molar-refractivity contribution is 0.116. The van der Waals surface area contributed by atoms with Gasteiger partial charge in [0.25, 0.3) is 0 Å². The maximum atomic E-state index is 5.50. The number of para-hydroxylation sites is 1. The van der Waals surface area contributed by atoms with E-state index in [4.69, 9.17) is 9.47 Å². The second kappa shape index (κ2) is 8.79. The number of hydrogen-bond donors (Lipinski definition) is 1. The quantitative estimate of drug-likeness (QED) is 0.526. The van der Waals surface area contributed by atoms with Crippen molar-refractivity contribution in [2.75, 3.05) is 32.9 Å². The third kappa shape index (κ3) is 6.76. The van der Waals surface area contributed by atoms with Gasteiger partial charge in [-0.15, -0.1) is 0 Å². The van der Waals surface area contributed by atoms with Crippen LogP contribution in [0.3, 0.4) is 0 Å². The number of ether oxygens (including phenoxy) is 2. The maximum Gasteiger partial charge on any atom is 0.119 e. The third-order valence-corrected chi connectivity index (χ3v) is 2.17. The van der Waals surface area contributed by atoms with E-state index < -0.39 is 0 Å². The van der Waals surface area contributed by atoms with Crippen molar-refractivity contribution in [1.82, 2.24) is 5.32 Å². The molecule has 1 N–H and O–H groups in total. The van der Waals surface area contributed by atoms with Crippen molar-refractivity contribution in [2.24, 2.45) is 0 Å². The Morgan fingerprint density at radius 2 is 2.00 bits per heavy atom. The largest absolute Gasteiger partial charge is 0.491 e. The Bertz CT molecular complexity index is 311. The fourth-order valence-corrected chi connectivity index (χ4v) is 1.30. The predicted molar refractivity (Wildman–Crippen MR) is 70.4 cm³/mol. The highest BCUT2D eigenvalue weighted by Crippen LogP contribution is 2.07. The molecule has 0 aromatic heterocycles. The van der Waals surface area contributed by atoms with Gasteiger partial charge in [0, 0.05) is 6.54 Å². The summed E-state index contributed by atoms with van der Waals surface area (Å²) in [4.78, 5) is 0. The van der Waals surface area contributed by atoms with Crippen LogP contribution in [0.2, 0.25) is 0 Å². The minimum absolute atomic E-state index is 0.568. The van der Waals surface area contributed by atoms with E-state index in [2.05, 4.69) is 18.8 Å². The van der Waals surface area contributed by atoms with Gasteiger partial charge in [-0.1, -0.05) is 31.7 Å². The van der Waals surface area contributed by atoms with Crippen LogP contribution in [0.25, 0.3) is 0 Å². The van der Waals surface area contributed by atoms with Crippen LogP contribution >= 0.6 is 0 Å². The summed E-state index contributed by atoms with van der Waals surface area (Å²) in [5.74, 6) is 0.877. The summed E-state index contributed by atoms with van der Waals surface area (Å²) in [5, 5.41) is 3.20. The first kappa shape index (κ1) is 13.7. The zero-order valence-corrected chi connectivity index (χ0v) is 10.4. The molecule has 0 radical (unpaired) electrons. The van der Waals surface area contributed by atoms with Crippen LogP contribution in [-0.4, -0.2) is 32.9 Å². The Labute approximate surface area is 103 Å². The highest BCUT2D eigenvalue weighted by molar-refractivity contribution is 5.20. The number of rotatable bonds is 9. The first-order valence-electron chi connectivity index (χ1n) is 5.96. The molecule has 0 saturated carbocycles. The van der Waals surface area contributed by atoms with Gasteiger partial charge in [-0.2, -0.15) is 0 Å². The van der Waals surface area contributed by atoms with Crippen LogP contribution < -0.4 is 10.1 Å². The average molecular weight is 235 g/mol. The Balaban J connectivity index is 1.99. The van der Waals surface area contributed by atoms with Gasteiger partial charge in [-0.05, 0) is 24.3 Å². The summed E-state index contributed by atoms with van der Waals surface area (Å²) in [6.45, 7) is 9.50. The molecule has 3 nitrogen and oxygen atoms in total. The first-order valence-corrected chi connectivity index (χ1v) is 5.96. The molecule has 0 unspecified atom stereocenters. The Hall–Kier alpha value is -1.32. The topological polar surface area (TPSA) is 30.5 Å². The van der Waals surface area contributed by atoms with Crippen molar-refractivity contribution in [3.8, 4) is 5.75 Å². The second-order valence-corrected chi connectivity index (χ2v) is 3.74. The molecule has 0 aliphatic rings. The standard InChI is InChI=1S/C14H21NO2/c1-3-15-11-13(2)12-16-9-10-17-14-7-5-4-6-8-14/h4-8,15H,2-3,9-12H2,1H3. The molecule has 17 heavy (non-hydrogen) atoms. The van der Waals surface area contributed by atoms with Crippen LogP contribution in [0.5, 0.6) is 5.75 Å². The molecule has 0 fully saturated rings. The third-order valence-electron chi connectivity index (χ3n) is 2.17. The molecule has 3 heteroatoms. The second-order valence-electron chi connectivity index (χ2n) is 3.74. The van der Waals surface area contributed by atoms with Gasteiger partial charge < -0.3 is 14.8 Å². The van der Waals surface area contributed by atoms with E-state index in [0.717, 1.165) is 24.4 Å². The highest BCUT2D eigenvalue weighted by Gasteiger charge is 1.95.